The van der Waals surface area contributed by atoms with E-state index in [-0.39, 0.29) is 11.7 Å². The molecule has 0 aliphatic heterocycles. The monoisotopic (exact) mass is 287 g/mol. The number of nitrogens with one attached hydrogen (secondary N) is 2. The minimum absolute atomic E-state index is 0.287. The molecule has 5 heteroatoms. The van der Waals surface area contributed by atoms with Crippen LogP contribution in [0.2, 0.25) is 0 Å². The zero-order valence-electron chi connectivity index (χ0n) is 12.3. The molecule has 0 bridgehead atoms. The lowest BCUT2D eigenvalue weighted by Crippen LogP contribution is -2.13. The topological polar surface area (TPSA) is 54.0 Å². The van der Waals surface area contributed by atoms with Crippen LogP contribution < -0.4 is 10.6 Å². The van der Waals surface area contributed by atoms with E-state index in [4.69, 9.17) is 0 Å². The highest BCUT2D eigenvalue weighted by molar-refractivity contribution is 6.04. The molecule has 4 nitrogen and oxygen atoms in total. The maximum atomic E-state index is 13.3. The predicted molar refractivity (Wildman–Crippen MR) is 82.2 cm³/mol. The van der Waals surface area contributed by atoms with E-state index < -0.39 is 0 Å². The van der Waals surface area contributed by atoms with Crippen LogP contribution in [0.4, 0.5) is 15.9 Å². The molecule has 1 aromatic carbocycles. The van der Waals surface area contributed by atoms with Crippen LogP contribution in [-0.4, -0.2) is 17.4 Å². The summed E-state index contributed by atoms with van der Waals surface area (Å²) < 4.78 is 13.3. The number of hydrogen-bond acceptors (Lipinski definition) is 3. The maximum absolute atomic E-state index is 13.3. The molecular formula is C16H18FN3O. The number of amides is 1. The lowest BCUT2D eigenvalue weighted by Gasteiger charge is -2.09. The average molecular weight is 287 g/mol. The zero-order valence-corrected chi connectivity index (χ0v) is 12.3. The van der Waals surface area contributed by atoms with E-state index in [0.717, 1.165) is 17.8 Å². The Kier molecular flexibility index (Phi) is 4.52. The van der Waals surface area contributed by atoms with Crippen molar-refractivity contribution in [3.63, 3.8) is 0 Å². The predicted octanol–water partition coefficient (Wildman–Crippen LogP) is 3.52. The van der Waals surface area contributed by atoms with Gasteiger partial charge in [0, 0.05) is 23.5 Å². The average Bonchev–Trinajstić information content (AvgIpc) is 2.37. The fourth-order valence-electron chi connectivity index (χ4n) is 2.08. The quantitative estimate of drug-likeness (QED) is 0.904. The number of rotatable bonds is 4. The van der Waals surface area contributed by atoms with Crippen molar-refractivity contribution in [2.24, 2.45) is 0 Å². The van der Waals surface area contributed by atoms with Gasteiger partial charge in [0.1, 0.15) is 11.6 Å². The SMILES string of the molecule is CCNc1cc(C(=O)Nc2cc(C)cc(F)c2)cc(C)n1. The Hall–Kier alpha value is -2.43. The summed E-state index contributed by atoms with van der Waals surface area (Å²) in [6, 6.07) is 7.81. The van der Waals surface area contributed by atoms with Gasteiger partial charge in [0.25, 0.3) is 5.91 Å². The summed E-state index contributed by atoms with van der Waals surface area (Å²) in [7, 11) is 0. The summed E-state index contributed by atoms with van der Waals surface area (Å²) in [6.07, 6.45) is 0. The Bertz CT molecular complexity index is 650. The van der Waals surface area contributed by atoms with E-state index in [1.165, 1.54) is 12.1 Å². The molecule has 0 saturated carbocycles. The van der Waals surface area contributed by atoms with E-state index in [1.807, 2.05) is 13.8 Å². The van der Waals surface area contributed by atoms with Gasteiger partial charge in [0.05, 0.1) is 0 Å². The zero-order chi connectivity index (χ0) is 15.4. The van der Waals surface area contributed by atoms with Gasteiger partial charge >= 0.3 is 0 Å². The van der Waals surface area contributed by atoms with Crippen molar-refractivity contribution in [2.75, 3.05) is 17.2 Å². The van der Waals surface area contributed by atoms with Crippen molar-refractivity contribution in [3.8, 4) is 0 Å². The van der Waals surface area contributed by atoms with Crippen LogP contribution in [-0.2, 0) is 0 Å². The minimum atomic E-state index is -0.371. The molecule has 21 heavy (non-hydrogen) atoms. The molecule has 0 aliphatic rings. The van der Waals surface area contributed by atoms with E-state index in [2.05, 4.69) is 15.6 Å². The van der Waals surface area contributed by atoms with Crippen molar-refractivity contribution in [3.05, 3.63) is 53.0 Å². The second kappa shape index (κ2) is 6.35. The molecule has 2 aromatic rings. The van der Waals surface area contributed by atoms with Gasteiger partial charge < -0.3 is 10.6 Å². The van der Waals surface area contributed by atoms with Crippen molar-refractivity contribution >= 4 is 17.4 Å². The van der Waals surface area contributed by atoms with E-state index in [0.29, 0.717) is 17.1 Å². The Labute approximate surface area is 123 Å². The van der Waals surface area contributed by atoms with Crippen LogP contribution in [0.5, 0.6) is 0 Å². The molecule has 0 atom stereocenters. The molecule has 1 aromatic heterocycles. The van der Waals surface area contributed by atoms with Crippen LogP contribution in [0, 0.1) is 19.7 Å². The Balaban J connectivity index is 2.23. The number of anilines is 2. The third-order valence-electron chi connectivity index (χ3n) is 2.87. The first-order chi connectivity index (χ1) is 9.97. The molecule has 110 valence electrons. The summed E-state index contributed by atoms with van der Waals surface area (Å²) in [5.41, 5.74) is 2.43. The van der Waals surface area contributed by atoms with Gasteiger partial charge in [-0.1, -0.05) is 0 Å². The Morgan fingerprint density at radius 1 is 1.19 bits per heavy atom. The number of carbonyl (C=O) groups excluding carboxylic acids is 1. The normalized spacial score (nSPS) is 10.3. The molecular weight excluding hydrogens is 269 g/mol. The van der Waals surface area contributed by atoms with Gasteiger partial charge in [-0.05, 0) is 56.7 Å². The molecule has 0 radical (unpaired) electrons. The number of aryl methyl sites for hydroxylation is 2. The van der Waals surface area contributed by atoms with Crippen LogP contribution >= 0.6 is 0 Å². The molecule has 0 unspecified atom stereocenters. The third-order valence-corrected chi connectivity index (χ3v) is 2.87. The summed E-state index contributed by atoms with van der Waals surface area (Å²) in [5.74, 6) is -0.00715. The second-order valence-electron chi connectivity index (χ2n) is 4.88. The highest BCUT2D eigenvalue weighted by atomic mass is 19.1. The molecule has 0 fully saturated rings. The number of halogens is 1. The first-order valence-corrected chi connectivity index (χ1v) is 6.79. The maximum Gasteiger partial charge on any atom is 0.255 e. The molecule has 0 saturated heterocycles. The van der Waals surface area contributed by atoms with Gasteiger partial charge in [0.15, 0.2) is 0 Å². The number of nitrogens with zero attached hydrogens (tertiary/aromatic N) is 1. The Morgan fingerprint density at radius 3 is 2.62 bits per heavy atom. The minimum Gasteiger partial charge on any atom is -0.370 e. The first kappa shape index (κ1) is 15.0. The van der Waals surface area contributed by atoms with E-state index in [1.54, 1.807) is 25.1 Å². The lowest BCUT2D eigenvalue weighted by molar-refractivity contribution is 0.102. The van der Waals surface area contributed by atoms with Crippen molar-refractivity contribution in [1.82, 2.24) is 4.98 Å². The van der Waals surface area contributed by atoms with Crippen LogP contribution in [0.1, 0.15) is 28.5 Å². The van der Waals surface area contributed by atoms with Gasteiger partial charge in [-0.2, -0.15) is 0 Å². The molecule has 0 spiro atoms. The molecule has 1 amide bonds. The molecule has 2 N–H and O–H groups in total. The summed E-state index contributed by atoms with van der Waals surface area (Å²) in [4.78, 5) is 16.5. The number of hydrogen-bond donors (Lipinski definition) is 2. The summed E-state index contributed by atoms with van der Waals surface area (Å²) >= 11 is 0. The van der Waals surface area contributed by atoms with Gasteiger partial charge in [-0.3, -0.25) is 4.79 Å². The van der Waals surface area contributed by atoms with Crippen molar-refractivity contribution in [2.45, 2.75) is 20.8 Å². The van der Waals surface area contributed by atoms with Gasteiger partial charge in [-0.25, -0.2) is 9.37 Å². The second-order valence-corrected chi connectivity index (χ2v) is 4.88. The van der Waals surface area contributed by atoms with Crippen LogP contribution in [0.25, 0.3) is 0 Å². The van der Waals surface area contributed by atoms with Gasteiger partial charge in [-0.15, -0.1) is 0 Å². The smallest absolute Gasteiger partial charge is 0.255 e. The number of carbonyl (C=O) groups is 1. The highest BCUT2D eigenvalue weighted by Gasteiger charge is 2.10. The fourth-order valence-corrected chi connectivity index (χ4v) is 2.08. The molecule has 1 heterocycles. The summed E-state index contributed by atoms with van der Waals surface area (Å²) in [6.45, 7) is 6.28. The number of pyridine rings is 1. The van der Waals surface area contributed by atoms with Crippen LogP contribution in [0.3, 0.4) is 0 Å². The van der Waals surface area contributed by atoms with Crippen molar-refractivity contribution in [1.29, 1.82) is 0 Å². The fraction of sp³-hybridized carbons (Fsp3) is 0.250. The lowest BCUT2D eigenvalue weighted by atomic mass is 10.2. The number of aromatic nitrogens is 1. The molecule has 0 aliphatic carbocycles. The highest BCUT2D eigenvalue weighted by Crippen LogP contribution is 2.16. The van der Waals surface area contributed by atoms with E-state index >= 15 is 0 Å². The standard InChI is InChI=1S/C16H18FN3O/c1-4-18-15-8-12(7-11(3)19-15)16(21)20-14-6-10(2)5-13(17)9-14/h5-9H,4H2,1-3H3,(H,18,19)(H,20,21). The number of benzene rings is 1. The first-order valence-electron chi connectivity index (χ1n) is 6.79. The van der Waals surface area contributed by atoms with Gasteiger partial charge in [0.2, 0.25) is 0 Å². The summed E-state index contributed by atoms with van der Waals surface area (Å²) in [5, 5.41) is 5.78. The van der Waals surface area contributed by atoms with Crippen molar-refractivity contribution < 1.29 is 9.18 Å². The molecule has 2 rings (SSSR count). The van der Waals surface area contributed by atoms with E-state index in [9.17, 15) is 9.18 Å². The third kappa shape index (κ3) is 4.02. The Morgan fingerprint density at radius 2 is 1.95 bits per heavy atom. The largest absolute Gasteiger partial charge is 0.370 e. The van der Waals surface area contributed by atoms with Crippen LogP contribution in [0.15, 0.2) is 30.3 Å².